The Morgan fingerprint density at radius 2 is 1.92 bits per heavy atom. The number of rotatable bonds is 7. The summed E-state index contributed by atoms with van der Waals surface area (Å²) in [5.74, 6) is -0.701. The van der Waals surface area contributed by atoms with E-state index >= 15 is 0 Å². The molecule has 0 saturated carbocycles. The molecule has 3 N–H and O–H groups in total. The van der Waals surface area contributed by atoms with Crippen LogP contribution in [0.1, 0.15) is 49.0 Å². The molecule has 0 radical (unpaired) electrons. The van der Waals surface area contributed by atoms with Crippen LogP contribution in [-0.2, 0) is 22.7 Å². The van der Waals surface area contributed by atoms with Crippen molar-refractivity contribution in [1.82, 2.24) is 25.1 Å². The number of aromatic nitrogens is 2. The van der Waals surface area contributed by atoms with Gasteiger partial charge in [0.25, 0.3) is 0 Å². The first-order chi connectivity index (χ1) is 18.2. The van der Waals surface area contributed by atoms with E-state index in [0.717, 1.165) is 27.4 Å². The topological polar surface area (TPSA) is 119 Å². The lowest BCUT2D eigenvalue weighted by Gasteiger charge is -2.36. The van der Waals surface area contributed by atoms with Crippen LogP contribution < -0.4 is 5.32 Å². The van der Waals surface area contributed by atoms with Crippen molar-refractivity contribution in [2.75, 3.05) is 6.54 Å². The van der Waals surface area contributed by atoms with Gasteiger partial charge in [0.1, 0.15) is 12.3 Å². The van der Waals surface area contributed by atoms with Gasteiger partial charge in [0.15, 0.2) is 0 Å². The van der Waals surface area contributed by atoms with E-state index in [4.69, 9.17) is 0 Å². The average Bonchev–Trinajstić information content (AvgIpc) is 3.60. The number of thiazole rings is 1. The van der Waals surface area contributed by atoms with Crippen molar-refractivity contribution in [2.24, 2.45) is 5.92 Å². The van der Waals surface area contributed by atoms with Gasteiger partial charge in [-0.15, -0.1) is 11.3 Å². The Bertz CT molecular complexity index is 1310. The number of nitrogens with zero attached hydrogens (tertiary/aromatic N) is 4. The van der Waals surface area contributed by atoms with Crippen molar-refractivity contribution < 1.29 is 19.8 Å². The summed E-state index contributed by atoms with van der Waals surface area (Å²) in [4.78, 5) is 40.1. The fourth-order valence-corrected chi connectivity index (χ4v) is 6.26. The van der Waals surface area contributed by atoms with Crippen LogP contribution in [0.15, 0.2) is 48.1 Å². The van der Waals surface area contributed by atoms with Gasteiger partial charge in [-0.2, -0.15) is 0 Å². The SMILES string of the molecule is Cc1ncsc1-c1ccc(CNC(=O)[C@@H]2C[C@@H](O)CN2C(=O)[C@H](C(C)C)N2Cc3ncccc3C2O)cc1. The quantitative estimate of drug-likeness (QED) is 0.426. The number of nitrogens with one attached hydrogen (secondary N) is 1. The first-order valence-corrected chi connectivity index (χ1v) is 13.8. The maximum Gasteiger partial charge on any atom is 0.243 e. The highest BCUT2D eigenvalue weighted by Gasteiger charge is 2.46. The van der Waals surface area contributed by atoms with Crippen molar-refractivity contribution in [3.05, 3.63) is 70.6 Å². The third-order valence-corrected chi connectivity index (χ3v) is 8.36. The van der Waals surface area contributed by atoms with E-state index < -0.39 is 24.4 Å². The third-order valence-electron chi connectivity index (χ3n) is 7.39. The molecular weight excluding hydrogens is 502 g/mol. The van der Waals surface area contributed by atoms with Crippen LogP contribution in [0.2, 0.25) is 0 Å². The van der Waals surface area contributed by atoms with Crippen LogP contribution >= 0.6 is 11.3 Å². The van der Waals surface area contributed by atoms with Gasteiger partial charge in [0.05, 0.1) is 33.9 Å². The van der Waals surface area contributed by atoms with E-state index in [0.29, 0.717) is 18.7 Å². The molecule has 10 heteroatoms. The minimum Gasteiger partial charge on any atom is -0.391 e. The molecule has 9 nitrogen and oxygen atoms in total. The van der Waals surface area contributed by atoms with Crippen molar-refractivity contribution in [1.29, 1.82) is 0 Å². The summed E-state index contributed by atoms with van der Waals surface area (Å²) in [6.07, 6.45) is 0.112. The average molecular weight is 536 g/mol. The summed E-state index contributed by atoms with van der Waals surface area (Å²) in [5.41, 5.74) is 6.26. The number of amides is 2. The van der Waals surface area contributed by atoms with Gasteiger partial charge in [-0.3, -0.25) is 19.5 Å². The molecule has 2 aliphatic heterocycles. The Balaban J connectivity index is 1.27. The zero-order valence-electron chi connectivity index (χ0n) is 21.7. The summed E-state index contributed by atoms with van der Waals surface area (Å²) >= 11 is 1.59. The highest BCUT2D eigenvalue weighted by Crippen LogP contribution is 2.35. The summed E-state index contributed by atoms with van der Waals surface area (Å²) in [6.45, 7) is 6.56. The van der Waals surface area contributed by atoms with E-state index in [1.807, 2.05) is 56.6 Å². The number of aliphatic hydroxyl groups is 2. The fraction of sp³-hybridized carbons (Fsp3) is 0.429. The molecule has 38 heavy (non-hydrogen) atoms. The Morgan fingerprint density at radius 3 is 2.58 bits per heavy atom. The second kappa shape index (κ2) is 10.9. The number of pyridine rings is 1. The van der Waals surface area contributed by atoms with Gasteiger partial charge < -0.3 is 20.4 Å². The minimum absolute atomic E-state index is 0.0815. The number of hydrogen-bond acceptors (Lipinski definition) is 8. The van der Waals surface area contributed by atoms with Gasteiger partial charge in [0, 0.05) is 37.8 Å². The van der Waals surface area contributed by atoms with Crippen LogP contribution in [0.4, 0.5) is 0 Å². The zero-order chi connectivity index (χ0) is 27.0. The maximum atomic E-state index is 13.8. The molecule has 1 fully saturated rings. The summed E-state index contributed by atoms with van der Waals surface area (Å²) in [6, 6.07) is 10.1. The van der Waals surface area contributed by atoms with Crippen molar-refractivity contribution in [3.8, 4) is 10.4 Å². The van der Waals surface area contributed by atoms with E-state index in [2.05, 4.69) is 15.3 Å². The second-order valence-electron chi connectivity index (χ2n) is 10.4. The zero-order valence-corrected chi connectivity index (χ0v) is 22.6. The monoisotopic (exact) mass is 535 g/mol. The van der Waals surface area contributed by atoms with Crippen molar-refractivity contribution >= 4 is 23.2 Å². The lowest BCUT2D eigenvalue weighted by Crippen LogP contribution is -2.54. The number of fused-ring (bicyclic) bond motifs is 1. The number of carbonyl (C=O) groups is 2. The summed E-state index contributed by atoms with van der Waals surface area (Å²) in [7, 11) is 0. The number of benzene rings is 1. The van der Waals surface area contributed by atoms with Crippen molar-refractivity contribution in [2.45, 2.75) is 64.7 Å². The number of carbonyl (C=O) groups excluding carboxylic acids is 2. The first-order valence-electron chi connectivity index (χ1n) is 12.9. The van der Waals surface area contributed by atoms with Gasteiger partial charge >= 0.3 is 0 Å². The predicted octanol–water partition coefficient (Wildman–Crippen LogP) is 2.62. The molecule has 2 aromatic heterocycles. The lowest BCUT2D eigenvalue weighted by atomic mass is 10.00. The Hall–Kier alpha value is -3.18. The van der Waals surface area contributed by atoms with Crippen LogP contribution in [0.3, 0.4) is 0 Å². The molecule has 200 valence electrons. The van der Waals surface area contributed by atoms with Crippen molar-refractivity contribution in [3.63, 3.8) is 0 Å². The first kappa shape index (κ1) is 26.4. The Kier molecular flexibility index (Phi) is 7.58. The second-order valence-corrected chi connectivity index (χ2v) is 11.2. The minimum atomic E-state index is -0.952. The molecule has 4 heterocycles. The van der Waals surface area contributed by atoms with E-state index in [-0.39, 0.29) is 30.7 Å². The van der Waals surface area contributed by atoms with Gasteiger partial charge in [-0.25, -0.2) is 4.98 Å². The largest absolute Gasteiger partial charge is 0.391 e. The fourth-order valence-electron chi connectivity index (χ4n) is 5.45. The molecule has 1 unspecified atom stereocenters. The van der Waals surface area contributed by atoms with E-state index in [1.54, 1.807) is 28.5 Å². The highest BCUT2D eigenvalue weighted by atomic mass is 32.1. The molecule has 3 aromatic rings. The van der Waals surface area contributed by atoms with E-state index in [1.165, 1.54) is 4.90 Å². The van der Waals surface area contributed by atoms with Crippen LogP contribution in [0.25, 0.3) is 10.4 Å². The number of likely N-dealkylation sites (tertiary alicyclic amines) is 1. The van der Waals surface area contributed by atoms with E-state index in [9.17, 15) is 19.8 Å². The number of aliphatic hydroxyl groups excluding tert-OH is 2. The highest BCUT2D eigenvalue weighted by molar-refractivity contribution is 7.13. The molecule has 4 atom stereocenters. The van der Waals surface area contributed by atoms with Crippen LogP contribution in [0.5, 0.6) is 0 Å². The molecule has 0 aliphatic carbocycles. The molecule has 1 aromatic carbocycles. The maximum absolute atomic E-state index is 13.8. The lowest BCUT2D eigenvalue weighted by molar-refractivity contribution is -0.149. The van der Waals surface area contributed by atoms with Gasteiger partial charge in [-0.05, 0) is 30.0 Å². The Labute approximate surface area is 226 Å². The van der Waals surface area contributed by atoms with Crippen LogP contribution in [0, 0.1) is 12.8 Å². The van der Waals surface area contributed by atoms with Gasteiger partial charge in [-0.1, -0.05) is 44.2 Å². The molecule has 2 amide bonds. The normalized spacial score (nSPS) is 22.1. The molecule has 1 saturated heterocycles. The molecular formula is C28H33N5O4S. The molecule has 0 spiro atoms. The van der Waals surface area contributed by atoms with Crippen LogP contribution in [-0.4, -0.2) is 66.5 Å². The Morgan fingerprint density at radius 1 is 1.16 bits per heavy atom. The molecule has 5 rings (SSSR count). The summed E-state index contributed by atoms with van der Waals surface area (Å²) < 4.78 is 0. The molecule has 2 aliphatic rings. The smallest absolute Gasteiger partial charge is 0.243 e. The summed E-state index contributed by atoms with van der Waals surface area (Å²) in [5, 5.41) is 24.3. The predicted molar refractivity (Wildman–Crippen MR) is 144 cm³/mol. The molecule has 0 bridgehead atoms. The third kappa shape index (κ3) is 5.09. The number of hydrogen-bond donors (Lipinski definition) is 3. The van der Waals surface area contributed by atoms with Gasteiger partial charge in [0.2, 0.25) is 11.8 Å². The number of β-amino-alcohol motifs (C(OH)–C–C–N with tert-alkyl or cyclic N) is 1. The number of aryl methyl sites for hydroxylation is 1. The standard InChI is InChI=1S/C28H33N5O4S/c1-16(2)24(33-14-22-21(27(33)36)5-4-10-29-22)28(37)32-13-20(34)11-23(32)26(35)30-12-18-6-8-19(9-7-18)25-17(3)31-15-38-25/h4-10,15-16,20,23-24,27,34,36H,11-14H2,1-3H3,(H,30,35)/t20-,23+,24+,27?/m1/s1.